The molecular weight excluding hydrogens is 236 g/mol. The van der Waals surface area contributed by atoms with Crippen LogP contribution in [0.4, 0.5) is 0 Å². The van der Waals surface area contributed by atoms with E-state index in [2.05, 4.69) is 9.47 Å². The maximum absolute atomic E-state index is 11.4. The van der Waals surface area contributed by atoms with E-state index in [9.17, 15) is 14.7 Å². The number of rotatable bonds is 4. The molecule has 0 saturated heterocycles. The van der Waals surface area contributed by atoms with Crippen molar-refractivity contribution in [3.8, 4) is 0 Å². The van der Waals surface area contributed by atoms with Crippen molar-refractivity contribution < 1.29 is 24.2 Å². The second kappa shape index (κ2) is 6.73. The Bertz CT molecular complexity index is 302. The molecule has 1 fully saturated rings. The van der Waals surface area contributed by atoms with Gasteiger partial charge in [-0.1, -0.05) is 6.92 Å². The molecule has 5 nitrogen and oxygen atoms in total. The van der Waals surface area contributed by atoms with Crippen LogP contribution in [0.1, 0.15) is 32.6 Å². The molecule has 0 aromatic rings. The first-order valence-corrected chi connectivity index (χ1v) is 6.31. The fourth-order valence-electron chi connectivity index (χ4n) is 2.76. The molecule has 1 saturated carbocycles. The average molecular weight is 258 g/mol. The van der Waals surface area contributed by atoms with Crippen molar-refractivity contribution in [2.75, 3.05) is 14.2 Å². The first kappa shape index (κ1) is 15.0. The lowest BCUT2D eigenvalue weighted by molar-refractivity contribution is -0.148. The molecule has 0 amide bonds. The van der Waals surface area contributed by atoms with E-state index in [0.29, 0.717) is 12.8 Å². The van der Waals surface area contributed by atoms with Crippen molar-refractivity contribution in [2.24, 2.45) is 17.8 Å². The Morgan fingerprint density at radius 2 is 1.67 bits per heavy atom. The van der Waals surface area contributed by atoms with E-state index in [1.165, 1.54) is 14.2 Å². The van der Waals surface area contributed by atoms with E-state index in [-0.39, 0.29) is 36.1 Å². The zero-order valence-corrected chi connectivity index (χ0v) is 11.2. The summed E-state index contributed by atoms with van der Waals surface area (Å²) in [5.41, 5.74) is 0. The number of carbonyl (C=O) groups excluding carboxylic acids is 2. The Labute approximate surface area is 107 Å². The lowest BCUT2D eigenvalue weighted by Gasteiger charge is -2.38. The molecule has 4 atom stereocenters. The van der Waals surface area contributed by atoms with Gasteiger partial charge in [-0.05, 0) is 30.6 Å². The highest BCUT2D eigenvalue weighted by Crippen LogP contribution is 2.39. The number of methoxy groups -OCH3 is 2. The topological polar surface area (TPSA) is 72.8 Å². The Hall–Kier alpha value is -1.10. The van der Waals surface area contributed by atoms with Crippen LogP contribution in [0.5, 0.6) is 0 Å². The highest BCUT2D eigenvalue weighted by atomic mass is 16.5. The van der Waals surface area contributed by atoms with Gasteiger partial charge in [-0.25, -0.2) is 0 Å². The maximum atomic E-state index is 11.4. The number of carbonyl (C=O) groups is 2. The molecule has 0 radical (unpaired) electrons. The summed E-state index contributed by atoms with van der Waals surface area (Å²) in [7, 11) is 2.71. The highest BCUT2D eigenvalue weighted by Gasteiger charge is 2.38. The molecular formula is C13H22O5. The molecule has 1 N–H and O–H groups in total. The van der Waals surface area contributed by atoms with E-state index in [4.69, 9.17) is 0 Å². The average Bonchev–Trinajstić information content (AvgIpc) is 2.37. The van der Waals surface area contributed by atoms with Gasteiger partial charge in [-0.15, -0.1) is 0 Å². The standard InChI is InChI=1S/C13H22O5/c1-8-10(7-13(16)18-3)9(4-5-11(8)14)6-12(15)17-2/h8-11,14H,4-7H2,1-3H3/t8-,9+,10+,11+/m1/s1. The summed E-state index contributed by atoms with van der Waals surface area (Å²) in [5.74, 6) is -0.517. The Kier molecular flexibility index (Phi) is 5.59. The van der Waals surface area contributed by atoms with Gasteiger partial charge in [0.2, 0.25) is 0 Å². The summed E-state index contributed by atoms with van der Waals surface area (Å²) >= 11 is 0. The minimum atomic E-state index is -0.409. The van der Waals surface area contributed by atoms with Gasteiger partial charge in [-0.2, -0.15) is 0 Å². The lowest BCUT2D eigenvalue weighted by Crippen LogP contribution is -2.38. The van der Waals surface area contributed by atoms with Crippen LogP contribution in [0.3, 0.4) is 0 Å². The van der Waals surface area contributed by atoms with Gasteiger partial charge in [0.15, 0.2) is 0 Å². The molecule has 104 valence electrons. The van der Waals surface area contributed by atoms with E-state index < -0.39 is 6.10 Å². The molecule has 0 heterocycles. The Morgan fingerprint density at radius 1 is 1.11 bits per heavy atom. The minimum Gasteiger partial charge on any atom is -0.469 e. The largest absolute Gasteiger partial charge is 0.469 e. The van der Waals surface area contributed by atoms with Crippen LogP contribution in [0.25, 0.3) is 0 Å². The zero-order valence-electron chi connectivity index (χ0n) is 11.2. The van der Waals surface area contributed by atoms with E-state index in [1.807, 2.05) is 6.92 Å². The molecule has 18 heavy (non-hydrogen) atoms. The van der Waals surface area contributed by atoms with Crippen molar-refractivity contribution in [1.29, 1.82) is 0 Å². The van der Waals surface area contributed by atoms with Gasteiger partial charge in [0.05, 0.1) is 20.3 Å². The molecule has 1 rings (SSSR count). The number of ether oxygens (including phenoxy) is 2. The quantitative estimate of drug-likeness (QED) is 0.765. The van der Waals surface area contributed by atoms with Gasteiger partial charge in [0.25, 0.3) is 0 Å². The number of aliphatic hydroxyl groups excluding tert-OH is 1. The van der Waals surface area contributed by atoms with Gasteiger partial charge in [0, 0.05) is 12.8 Å². The molecule has 1 aliphatic rings. The number of hydrogen-bond donors (Lipinski definition) is 1. The molecule has 0 bridgehead atoms. The molecule has 5 heteroatoms. The minimum absolute atomic E-state index is 0.00694. The van der Waals surface area contributed by atoms with Crippen molar-refractivity contribution in [3.63, 3.8) is 0 Å². The normalized spacial score (nSPS) is 31.8. The van der Waals surface area contributed by atoms with Gasteiger partial charge >= 0.3 is 11.9 Å². The van der Waals surface area contributed by atoms with Gasteiger partial charge < -0.3 is 14.6 Å². The summed E-state index contributed by atoms with van der Waals surface area (Å²) in [5, 5.41) is 9.87. The monoisotopic (exact) mass is 258 g/mol. The van der Waals surface area contributed by atoms with Crippen LogP contribution in [0.15, 0.2) is 0 Å². The molecule has 0 unspecified atom stereocenters. The van der Waals surface area contributed by atoms with Crippen molar-refractivity contribution in [1.82, 2.24) is 0 Å². The third-order valence-corrected chi connectivity index (χ3v) is 4.01. The molecule has 1 aliphatic carbocycles. The van der Waals surface area contributed by atoms with Crippen molar-refractivity contribution in [3.05, 3.63) is 0 Å². The van der Waals surface area contributed by atoms with E-state index in [1.54, 1.807) is 0 Å². The predicted octanol–water partition coefficient (Wildman–Crippen LogP) is 1.14. The molecule has 0 spiro atoms. The van der Waals surface area contributed by atoms with Crippen LogP contribution in [0, 0.1) is 17.8 Å². The van der Waals surface area contributed by atoms with E-state index >= 15 is 0 Å². The second-order valence-electron chi connectivity index (χ2n) is 4.99. The SMILES string of the molecule is COC(=O)C[C@@H]1CC[C@H](O)[C@H](C)[C@@H]1CC(=O)OC. The number of esters is 2. The first-order valence-electron chi connectivity index (χ1n) is 6.31. The van der Waals surface area contributed by atoms with Crippen molar-refractivity contribution in [2.45, 2.75) is 38.7 Å². The molecule has 0 aromatic heterocycles. The van der Waals surface area contributed by atoms with Crippen LogP contribution in [0.2, 0.25) is 0 Å². The van der Waals surface area contributed by atoms with E-state index in [0.717, 1.165) is 6.42 Å². The number of aliphatic hydroxyl groups is 1. The van der Waals surface area contributed by atoms with Gasteiger partial charge in [0.1, 0.15) is 0 Å². The summed E-state index contributed by atoms with van der Waals surface area (Å²) < 4.78 is 9.36. The predicted molar refractivity (Wildman–Crippen MR) is 64.7 cm³/mol. The second-order valence-corrected chi connectivity index (χ2v) is 4.99. The van der Waals surface area contributed by atoms with Crippen LogP contribution in [-0.4, -0.2) is 37.4 Å². The maximum Gasteiger partial charge on any atom is 0.305 e. The third-order valence-electron chi connectivity index (χ3n) is 4.01. The van der Waals surface area contributed by atoms with Crippen LogP contribution in [-0.2, 0) is 19.1 Å². The molecule has 0 aromatic carbocycles. The summed E-state index contributed by atoms with van der Waals surface area (Å²) in [6, 6.07) is 0. The first-order chi connectivity index (χ1) is 8.49. The lowest BCUT2D eigenvalue weighted by atomic mass is 9.68. The van der Waals surface area contributed by atoms with Crippen LogP contribution >= 0.6 is 0 Å². The summed E-state index contributed by atoms with van der Waals surface area (Å²) in [6.07, 6.45) is 1.54. The molecule has 0 aliphatic heterocycles. The fraction of sp³-hybridized carbons (Fsp3) is 0.846. The Morgan fingerprint density at radius 3 is 2.22 bits per heavy atom. The smallest absolute Gasteiger partial charge is 0.305 e. The van der Waals surface area contributed by atoms with Gasteiger partial charge in [-0.3, -0.25) is 9.59 Å². The summed E-state index contributed by atoms with van der Waals surface area (Å²) in [6.45, 7) is 1.92. The fourth-order valence-corrected chi connectivity index (χ4v) is 2.76. The Balaban J connectivity index is 2.72. The summed E-state index contributed by atoms with van der Waals surface area (Å²) in [4.78, 5) is 22.8. The third kappa shape index (κ3) is 3.70. The number of hydrogen-bond acceptors (Lipinski definition) is 5. The van der Waals surface area contributed by atoms with Crippen LogP contribution < -0.4 is 0 Å². The highest BCUT2D eigenvalue weighted by molar-refractivity contribution is 5.71. The zero-order chi connectivity index (χ0) is 13.7. The van der Waals surface area contributed by atoms with Crippen molar-refractivity contribution >= 4 is 11.9 Å².